The Morgan fingerprint density at radius 2 is 1.44 bits per heavy atom. The Labute approximate surface area is 219 Å². The number of alkyl halides is 6. The second-order valence-electron chi connectivity index (χ2n) is 9.85. The predicted molar refractivity (Wildman–Crippen MR) is 126 cm³/mol. The first-order chi connectivity index (χ1) is 18.3. The van der Waals surface area contributed by atoms with Crippen molar-refractivity contribution in [2.24, 2.45) is 0 Å². The maximum Gasteiger partial charge on any atom is 0.416 e. The molecule has 0 aliphatic carbocycles. The van der Waals surface area contributed by atoms with E-state index in [1.165, 1.54) is 54.6 Å². The van der Waals surface area contributed by atoms with Gasteiger partial charge in [-0.15, -0.1) is 0 Å². The minimum atomic E-state index is -4.77. The number of rotatable bonds is 4. The largest absolute Gasteiger partial charge is 0.416 e. The van der Waals surface area contributed by atoms with Crippen molar-refractivity contribution in [1.29, 1.82) is 0 Å². The van der Waals surface area contributed by atoms with Crippen molar-refractivity contribution in [3.63, 3.8) is 0 Å². The van der Waals surface area contributed by atoms with Gasteiger partial charge >= 0.3 is 12.4 Å². The fraction of sp³-hybridized carbons (Fsp3) is 0.357. The quantitative estimate of drug-likeness (QED) is 0.377. The number of benzene rings is 3. The Morgan fingerprint density at radius 1 is 0.821 bits per heavy atom. The summed E-state index contributed by atoms with van der Waals surface area (Å²) in [5.74, 6) is -0.513. The van der Waals surface area contributed by atoms with Crippen LogP contribution in [-0.4, -0.2) is 35.6 Å². The molecule has 1 N–H and O–H groups in total. The Bertz CT molecular complexity index is 1330. The van der Waals surface area contributed by atoms with Crippen molar-refractivity contribution in [3.8, 4) is 0 Å². The van der Waals surface area contributed by atoms with Crippen molar-refractivity contribution in [2.75, 3.05) is 19.8 Å². The summed E-state index contributed by atoms with van der Waals surface area (Å²) in [7, 11) is 0. The lowest BCUT2D eigenvalue weighted by atomic mass is 9.81. The second-order valence-corrected chi connectivity index (χ2v) is 9.85. The topological polar surface area (TPSA) is 41.9 Å². The summed E-state index contributed by atoms with van der Waals surface area (Å²) in [6, 6.07) is 14.2. The normalized spacial score (nSPS) is 26.3. The molecule has 2 fully saturated rings. The fourth-order valence-electron chi connectivity index (χ4n) is 5.55. The van der Waals surface area contributed by atoms with Crippen molar-refractivity contribution < 1.29 is 45.3 Å². The summed E-state index contributed by atoms with van der Waals surface area (Å²) in [5.41, 5.74) is -5.64. The van der Waals surface area contributed by atoms with Crippen LogP contribution in [0.2, 0.25) is 0 Å². The van der Waals surface area contributed by atoms with Crippen LogP contribution in [0.5, 0.6) is 0 Å². The van der Waals surface area contributed by atoms with Crippen LogP contribution in [-0.2, 0) is 34.0 Å². The molecule has 0 radical (unpaired) electrons. The van der Waals surface area contributed by atoms with Crippen LogP contribution in [0.15, 0.2) is 72.8 Å². The molecule has 0 bridgehead atoms. The zero-order valence-electron chi connectivity index (χ0n) is 20.4. The minimum absolute atomic E-state index is 0.0693. The molecule has 208 valence electrons. The maximum atomic E-state index is 13.9. The number of aliphatic hydroxyl groups is 1. The first kappa shape index (κ1) is 27.6. The van der Waals surface area contributed by atoms with Crippen LogP contribution in [0.3, 0.4) is 0 Å². The Hall–Kier alpha value is -2.99. The molecule has 1 spiro atoms. The van der Waals surface area contributed by atoms with E-state index in [0.717, 1.165) is 18.2 Å². The SMILES string of the molecule is O[C@]1(c2ccccc2C(F)(F)F)COCC2(C1)OC[C@H](c1ccc(F)cc1)N2Cc1ccccc1C(F)(F)F. The molecule has 4 nitrogen and oxygen atoms in total. The van der Waals surface area contributed by atoms with Gasteiger partial charge in [0.1, 0.15) is 17.1 Å². The highest BCUT2D eigenvalue weighted by molar-refractivity contribution is 5.36. The van der Waals surface area contributed by atoms with Gasteiger partial charge in [0.25, 0.3) is 0 Å². The van der Waals surface area contributed by atoms with Crippen molar-refractivity contribution in [1.82, 2.24) is 4.90 Å². The van der Waals surface area contributed by atoms with E-state index in [2.05, 4.69) is 0 Å². The molecule has 3 aromatic carbocycles. The van der Waals surface area contributed by atoms with Gasteiger partial charge in [-0.05, 0) is 41.0 Å². The molecule has 3 atom stereocenters. The van der Waals surface area contributed by atoms with E-state index in [0.29, 0.717) is 5.56 Å². The van der Waals surface area contributed by atoms with Crippen LogP contribution >= 0.6 is 0 Å². The van der Waals surface area contributed by atoms with Gasteiger partial charge in [0.05, 0.1) is 37.0 Å². The van der Waals surface area contributed by atoms with Crippen LogP contribution in [0.25, 0.3) is 0 Å². The summed E-state index contributed by atoms with van der Waals surface area (Å²) in [5, 5.41) is 11.6. The van der Waals surface area contributed by atoms with E-state index in [9.17, 15) is 35.8 Å². The van der Waals surface area contributed by atoms with Crippen molar-refractivity contribution in [3.05, 3.63) is 106 Å². The predicted octanol–water partition coefficient (Wildman–Crippen LogP) is 6.44. The van der Waals surface area contributed by atoms with Crippen LogP contribution < -0.4 is 0 Å². The van der Waals surface area contributed by atoms with Crippen LogP contribution in [0.4, 0.5) is 30.7 Å². The zero-order valence-corrected chi connectivity index (χ0v) is 20.4. The summed E-state index contributed by atoms with van der Waals surface area (Å²) < 4.78 is 109. The van der Waals surface area contributed by atoms with Crippen LogP contribution in [0.1, 0.15) is 40.3 Å². The van der Waals surface area contributed by atoms with Gasteiger partial charge in [0, 0.05) is 13.0 Å². The fourth-order valence-corrected chi connectivity index (χ4v) is 5.55. The molecule has 2 saturated heterocycles. The number of ether oxygens (including phenoxy) is 2. The average molecular weight is 555 g/mol. The number of nitrogens with zero attached hydrogens (tertiary/aromatic N) is 1. The molecule has 2 aliphatic heterocycles. The lowest BCUT2D eigenvalue weighted by molar-refractivity contribution is -0.233. The van der Waals surface area contributed by atoms with Crippen LogP contribution in [0, 0.1) is 5.82 Å². The summed E-state index contributed by atoms with van der Waals surface area (Å²) in [6.45, 7) is -1.08. The van der Waals surface area contributed by atoms with E-state index in [4.69, 9.17) is 9.47 Å². The molecule has 0 amide bonds. The van der Waals surface area contributed by atoms with E-state index < -0.39 is 65.3 Å². The lowest BCUT2D eigenvalue weighted by Gasteiger charge is -2.48. The van der Waals surface area contributed by atoms with Gasteiger partial charge in [0.15, 0.2) is 0 Å². The lowest BCUT2D eigenvalue weighted by Crippen LogP contribution is -2.58. The average Bonchev–Trinajstić information content (AvgIpc) is 3.20. The molecule has 39 heavy (non-hydrogen) atoms. The third kappa shape index (κ3) is 5.28. The van der Waals surface area contributed by atoms with Gasteiger partial charge in [-0.2, -0.15) is 26.3 Å². The third-order valence-corrected chi connectivity index (χ3v) is 7.30. The molecule has 1 unspecified atom stereocenters. The molecule has 0 aromatic heterocycles. The number of hydrogen-bond donors (Lipinski definition) is 1. The van der Waals surface area contributed by atoms with Gasteiger partial charge < -0.3 is 14.6 Å². The van der Waals surface area contributed by atoms with E-state index in [1.807, 2.05) is 0 Å². The monoisotopic (exact) mass is 555 g/mol. The molecule has 3 aromatic rings. The molecular formula is C28H24F7NO3. The van der Waals surface area contributed by atoms with E-state index in [1.54, 1.807) is 4.90 Å². The first-order valence-corrected chi connectivity index (χ1v) is 12.1. The highest BCUT2D eigenvalue weighted by Crippen LogP contribution is 2.49. The van der Waals surface area contributed by atoms with Gasteiger partial charge in [-0.1, -0.05) is 48.5 Å². The Morgan fingerprint density at radius 3 is 2.10 bits per heavy atom. The number of halogens is 7. The highest BCUT2D eigenvalue weighted by Gasteiger charge is 2.57. The summed E-state index contributed by atoms with van der Waals surface area (Å²) in [6.07, 6.45) is -9.83. The second kappa shape index (κ2) is 9.88. The number of hydrogen-bond acceptors (Lipinski definition) is 4. The first-order valence-electron chi connectivity index (χ1n) is 12.1. The van der Waals surface area contributed by atoms with Gasteiger partial charge in [-0.3, -0.25) is 4.90 Å². The third-order valence-electron chi connectivity index (χ3n) is 7.30. The van der Waals surface area contributed by atoms with Crippen molar-refractivity contribution in [2.45, 2.75) is 42.7 Å². The molecule has 2 heterocycles. The van der Waals surface area contributed by atoms with Gasteiger partial charge in [-0.25, -0.2) is 4.39 Å². The van der Waals surface area contributed by atoms with Crippen molar-refractivity contribution >= 4 is 0 Å². The standard InChI is InChI=1S/C28H24F7NO3/c29-20-11-9-18(10-12-20)24-14-39-26(36(24)13-19-5-1-2-6-21(19)27(30,31)32)15-25(37,16-38-17-26)22-7-3-4-8-23(22)28(33,34)35/h1-12,24,37H,13-17H2/t24-,25+,26?/m1/s1. The molecular weight excluding hydrogens is 531 g/mol. The smallest absolute Gasteiger partial charge is 0.383 e. The van der Waals surface area contributed by atoms with E-state index in [-0.39, 0.29) is 25.3 Å². The summed E-state index contributed by atoms with van der Waals surface area (Å²) in [4.78, 5) is 1.56. The van der Waals surface area contributed by atoms with Gasteiger partial charge in [0.2, 0.25) is 0 Å². The molecule has 2 aliphatic rings. The van der Waals surface area contributed by atoms with E-state index >= 15 is 0 Å². The highest BCUT2D eigenvalue weighted by atomic mass is 19.4. The zero-order chi connectivity index (χ0) is 28.1. The molecule has 0 saturated carbocycles. The molecule has 5 rings (SSSR count). The minimum Gasteiger partial charge on any atom is -0.383 e. The Kier molecular flexibility index (Phi) is 6.99. The Balaban J connectivity index is 1.59. The summed E-state index contributed by atoms with van der Waals surface area (Å²) >= 11 is 0. The maximum absolute atomic E-state index is 13.9. The molecule has 11 heteroatoms.